The van der Waals surface area contributed by atoms with E-state index in [-0.39, 0.29) is 11.4 Å². The standard InChI is InChI=1S/C13H12F2N4O/c1-2-17-12-7-16-6-11(19-12)13(20)18-8-3-4-9(14)10(15)5-8/h3-7H,2H2,1H3,(H,17,19)(H,18,20). The van der Waals surface area contributed by atoms with E-state index in [0.717, 1.165) is 12.1 Å². The first-order valence-electron chi connectivity index (χ1n) is 5.92. The van der Waals surface area contributed by atoms with Gasteiger partial charge in [-0.25, -0.2) is 13.8 Å². The van der Waals surface area contributed by atoms with Gasteiger partial charge in [-0.05, 0) is 19.1 Å². The zero-order valence-electron chi connectivity index (χ0n) is 10.7. The molecule has 0 radical (unpaired) electrons. The summed E-state index contributed by atoms with van der Waals surface area (Å²) in [6.07, 6.45) is 2.77. The second-order valence-electron chi connectivity index (χ2n) is 3.90. The normalized spacial score (nSPS) is 10.2. The fraction of sp³-hybridized carbons (Fsp3) is 0.154. The minimum Gasteiger partial charge on any atom is -0.369 e. The molecule has 1 aromatic carbocycles. The van der Waals surface area contributed by atoms with Gasteiger partial charge in [0.05, 0.1) is 12.4 Å². The molecular formula is C13H12F2N4O. The summed E-state index contributed by atoms with van der Waals surface area (Å²) < 4.78 is 25.8. The van der Waals surface area contributed by atoms with Crippen LogP contribution in [0.3, 0.4) is 0 Å². The van der Waals surface area contributed by atoms with Crippen LogP contribution in [0.1, 0.15) is 17.4 Å². The van der Waals surface area contributed by atoms with E-state index in [4.69, 9.17) is 0 Å². The summed E-state index contributed by atoms with van der Waals surface area (Å²) in [5, 5.41) is 5.34. The molecule has 0 atom stereocenters. The number of nitrogens with one attached hydrogen (secondary N) is 2. The fourth-order valence-electron chi connectivity index (χ4n) is 1.51. The molecular weight excluding hydrogens is 266 g/mol. The number of aromatic nitrogens is 2. The monoisotopic (exact) mass is 278 g/mol. The maximum atomic E-state index is 13.0. The third-order valence-corrected chi connectivity index (χ3v) is 2.40. The van der Waals surface area contributed by atoms with Gasteiger partial charge in [-0.2, -0.15) is 0 Å². The Morgan fingerprint density at radius 2 is 2.05 bits per heavy atom. The van der Waals surface area contributed by atoms with Crippen LogP contribution in [0.15, 0.2) is 30.6 Å². The van der Waals surface area contributed by atoms with Crippen molar-refractivity contribution in [2.75, 3.05) is 17.2 Å². The van der Waals surface area contributed by atoms with E-state index in [1.54, 1.807) is 0 Å². The Kier molecular flexibility index (Phi) is 4.19. The van der Waals surface area contributed by atoms with Gasteiger partial charge in [0, 0.05) is 18.3 Å². The van der Waals surface area contributed by atoms with Crippen molar-refractivity contribution in [3.05, 3.63) is 47.9 Å². The number of benzene rings is 1. The van der Waals surface area contributed by atoms with Crippen LogP contribution in [-0.4, -0.2) is 22.4 Å². The Balaban J connectivity index is 2.15. The summed E-state index contributed by atoms with van der Waals surface area (Å²) in [5.41, 5.74) is 0.220. The molecule has 0 aliphatic carbocycles. The minimum atomic E-state index is -1.03. The number of amides is 1. The highest BCUT2D eigenvalue weighted by Gasteiger charge is 2.10. The number of hydrogen-bond acceptors (Lipinski definition) is 4. The molecule has 0 saturated carbocycles. The molecule has 7 heteroatoms. The SMILES string of the molecule is CCNc1cncc(C(=O)Nc2ccc(F)c(F)c2)n1. The molecule has 0 bridgehead atoms. The van der Waals surface area contributed by atoms with Crippen molar-refractivity contribution in [3.8, 4) is 0 Å². The van der Waals surface area contributed by atoms with Crippen LogP contribution in [0.25, 0.3) is 0 Å². The summed E-state index contributed by atoms with van der Waals surface area (Å²) >= 11 is 0. The molecule has 2 aromatic rings. The maximum absolute atomic E-state index is 13.0. The molecule has 5 nitrogen and oxygen atoms in total. The van der Waals surface area contributed by atoms with Crippen LogP contribution < -0.4 is 10.6 Å². The first kappa shape index (κ1) is 13.9. The largest absolute Gasteiger partial charge is 0.369 e. The molecule has 1 amide bonds. The van der Waals surface area contributed by atoms with Crippen molar-refractivity contribution < 1.29 is 13.6 Å². The van der Waals surface area contributed by atoms with Crippen LogP contribution in [0.2, 0.25) is 0 Å². The molecule has 0 spiro atoms. The van der Waals surface area contributed by atoms with Gasteiger partial charge in [-0.3, -0.25) is 9.78 Å². The lowest BCUT2D eigenvalue weighted by Gasteiger charge is -2.06. The quantitative estimate of drug-likeness (QED) is 0.901. The Morgan fingerprint density at radius 3 is 2.75 bits per heavy atom. The molecule has 20 heavy (non-hydrogen) atoms. The van der Waals surface area contributed by atoms with Gasteiger partial charge in [-0.15, -0.1) is 0 Å². The van der Waals surface area contributed by atoms with E-state index in [2.05, 4.69) is 20.6 Å². The highest BCUT2D eigenvalue weighted by molar-refractivity contribution is 6.02. The van der Waals surface area contributed by atoms with Crippen LogP contribution >= 0.6 is 0 Å². The van der Waals surface area contributed by atoms with Gasteiger partial charge in [0.1, 0.15) is 11.5 Å². The smallest absolute Gasteiger partial charge is 0.275 e. The fourth-order valence-corrected chi connectivity index (χ4v) is 1.51. The predicted octanol–water partition coefficient (Wildman–Crippen LogP) is 2.44. The van der Waals surface area contributed by atoms with E-state index < -0.39 is 17.5 Å². The number of anilines is 2. The molecule has 0 aliphatic heterocycles. The average molecular weight is 278 g/mol. The number of nitrogens with zero attached hydrogens (tertiary/aromatic N) is 2. The van der Waals surface area contributed by atoms with Gasteiger partial charge < -0.3 is 10.6 Å². The molecule has 1 aromatic heterocycles. The highest BCUT2D eigenvalue weighted by atomic mass is 19.2. The van der Waals surface area contributed by atoms with E-state index in [1.165, 1.54) is 18.5 Å². The topological polar surface area (TPSA) is 66.9 Å². The van der Waals surface area contributed by atoms with Gasteiger partial charge in [0.15, 0.2) is 11.6 Å². The number of hydrogen-bond donors (Lipinski definition) is 2. The number of halogens is 2. The lowest BCUT2D eigenvalue weighted by atomic mass is 10.3. The Morgan fingerprint density at radius 1 is 1.25 bits per heavy atom. The second-order valence-corrected chi connectivity index (χ2v) is 3.90. The molecule has 1 heterocycles. The molecule has 0 saturated heterocycles. The lowest BCUT2D eigenvalue weighted by Crippen LogP contribution is -2.15. The molecule has 2 rings (SSSR count). The summed E-state index contributed by atoms with van der Waals surface area (Å²) in [6.45, 7) is 2.53. The highest BCUT2D eigenvalue weighted by Crippen LogP contribution is 2.14. The van der Waals surface area contributed by atoms with E-state index in [0.29, 0.717) is 12.4 Å². The van der Waals surface area contributed by atoms with Crippen molar-refractivity contribution in [1.29, 1.82) is 0 Å². The molecule has 104 valence electrons. The van der Waals surface area contributed by atoms with E-state index in [1.807, 2.05) is 6.92 Å². The Bertz CT molecular complexity index is 634. The summed E-state index contributed by atoms with van der Waals surface area (Å²) in [6, 6.07) is 3.10. The first-order chi connectivity index (χ1) is 9.60. The first-order valence-corrected chi connectivity index (χ1v) is 5.92. The van der Waals surface area contributed by atoms with Gasteiger partial charge in [0.25, 0.3) is 5.91 Å². The zero-order valence-corrected chi connectivity index (χ0v) is 10.7. The van der Waals surface area contributed by atoms with Crippen LogP contribution in [0.4, 0.5) is 20.3 Å². The van der Waals surface area contributed by atoms with Crippen LogP contribution in [0, 0.1) is 11.6 Å². The molecule has 0 unspecified atom stereocenters. The number of rotatable bonds is 4. The molecule has 0 fully saturated rings. The van der Waals surface area contributed by atoms with Crippen LogP contribution in [0.5, 0.6) is 0 Å². The summed E-state index contributed by atoms with van der Waals surface area (Å²) in [5.74, 6) is -2.10. The van der Waals surface area contributed by atoms with E-state index >= 15 is 0 Å². The molecule has 0 aliphatic rings. The van der Waals surface area contributed by atoms with E-state index in [9.17, 15) is 13.6 Å². The molecule has 2 N–H and O–H groups in total. The minimum absolute atomic E-state index is 0.0770. The van der Waals surface area contributed by atoms with Crippen molar-refractivity contribution in [2.24, 2.45) is 0 Å². The van der Waals surface area contributed by atoms with Gasteiger partial charge in [0.2, 0.25) is 0 Å². The van der Waals surface area contributed by atoms with Crippen LogP contribution in [-0.2, 0) is 0 Å². The number of carbonyl (C=O) groups is 1. The zero-order chi connectivity index (χ0) is 14.5. The number of carbonyl (C=O) groups excluding carboxylic acids is 1. The predicted molar refractivity (Wildman–Crippen MR) is 70.5 cm³/mol. The van der Waals surface area contributed by atoms with Crippen molar-refractivity contribution in [2.45, 2.75) is 6.92 Å². The Labute approximate surface area is 114 Å². The lowest BCUT2D eigenvalue weighted by molar-refractivity contribution is 0.102. The summed E-state index contributed by atoms with van der Waals surface area (Å²) in [4.78, 5) is 19.8. The van der Waals surface area contributed by atoms with Crippen molar-refractivity contribution in [1.82, 2.24) is 9.97 Å². The Hall–Kier alpha value is -2.57. The van der Waals surface area contributed by atoms with Crippen molar-refractivity contribution in [3.63, 3.8) is 0 Å². The third-order valence-electron chi connectivity index (χ3n) is 2.40. The van der Waals surface area contributed by atoms with Gasteiger partial charge in [-0.1, -0.05) is 0 Å². The third kappa shape index (κ3) is 3.25. The summed E-state index contributed by atoms with van der Waals surface area (Å²) in [7, 11) is 0. The second kappa shape index (κ2) is 6.05. The van der Waals surface area contributed by atoms with Crippen molar-refractivity contribution >= 4 is 17.4 Å². The van der Waals surface area contributed by atoms with Gasteiger partial charge >= 0.3 is 0 Å². The average Bonchev–Trinajstić information content (AvgIpc) is 2.43. The maximum Gasteiger partial charge on any atom is 0.275 e.